The van der Waals surface area contributed by atoms with Gasteiger partial charge in [0.2, 0.25) is 0 Å². The highest BCUT2D eigenvalue weighted by Gasteiger charge is 2.49. The maximum atomic E-state index is 14.4. The summed E-state index contributed by atoms with van der Waals surface area (Å²) < 4.78 is 4.58. The molecular formula is C47H68N4O3S6. The number of nitrogens with zero attached hydrogens (tertiary/aromatic N) is 4. The van der Waals surface area contributed by atoms with Crippen molar-refractivity contribution in [3.63, 3.8) is 0 Å². The summed E-state index contributed by atoms with van der Waals surface area (Å²) in [5, 5.41) is 0.982. The SMILES string of the molecule is C=C(SCC)C1=C2C(=O)N(CC(CC)CCCC)C(c3ccc(/C=C4\SC(=S)N(CC(C)CC)C4=O)s3)=C2C(=O)N1CCCC.C=c1sc(=S)n(CC(C)CC)c1=C.CC. The highest BCUT2D eigenvalue weighted by atomic mass is 32.2. The molecule has 7 nitrogen and oxygen atoms in total. The number of aromatic nitrogens is 1. The molecule has 3 amide bonds. The quantitative estimate of drug-likeness (QED) is 0.0968. The molecule has 5 rings (SSSR count). The first-order valence-electron chi connectivity index (χ1n) is 21.8. The molecule has 3 aliphatic rings. The maximum Gasteiger partial charge on any atom is 0.266 e. The molecule has 330 valence electrons. The summed E-state index contributed by atoms with van der Waals surface area (Å²) in [6.45, 7) is 36.1. The standard InChI is InChI=1S/C35H47N3O3S4.C10H15NS2.C2H6/c1-8-13-15-24(11-4)21-37-31(29-28(34(37)41)30(23(7)43-12-5)36(33(29)40)18-14-9-2)26-17-16-25(44-26)19-27-32(39)38(35(42)45-27)20-22(6)10-3;1-5-7(2)6-11-8(3)9(4)13-10(11)12;1-2/h16-17,19,22,24H,7-15,18,20-21H2,1-6H3;7H,3-6H2,1-2H3;1-2H3/b27-19-;;. The average Bonchev–Trinajstić information content (AvgIpc) is 4.01. The summed E-state index contributed by atoms with van der Waals surface area (Å²) in [5.74, 6) is 1.89. The second-order valence-electron chi connectivity index (χ2n) is 15.3. The Morgan fingerprint density at radius 1 is 0.800 bits per heavy atom. The fourth-order valence-corrected chi connectivity index (χ4v) is 11.2. The van der Waals surface area contributed by atoms with Gasteiger partial charge in [0.25, 0.3) is 17.7 Å². The third kappa shape index (κ3) is 12.3. The fraction of sp³-hybridized carbons (Fsp3) is 0.553. The van der Waals surface area contributed by atoms with Crippen molar-refractivity contribution in [1.82, 2.24) is 19.3 Å². The first-order chi connectivity index (χ1) is 28.7. The molecule has 60 heavy (non-hydrogen) atoms. The number of carbonyl (C=O) groups excluding carboxylic acids is 3. The molecule has 2 aromatic rings. The van der Waals surface area contributed by atoms with E-state index in [1.54, 1.807) is 32.9 Å². The number of carbonyl (C=O) groups is 3. The van der Waals surface area contributed by atoms with E-state index in [2.05, 4.69) is 79.7 Å². The second-order valence-corrected chi connectivity index (χ2v) is 21.2. The van der Waals surface area contributed by atoms with E-state index < -0.39 is 0 Å². The van der Waals surface area contributed by atoms with Crippen LogP contribution in [0, 0.1) is 21.7 Å². The molecular weight excluding hydrogens is 861 g/mol. The third-order valence-corrected chi connectivity index (χ3v) is 15.5. The molecule has 1 saturated heterocycles. The van der Waals surface area contributed by atoms with Crippen LogP contribution in [-0.2, 0) is 20.9 Å². The molecule has 0 aliphatic carbocycles. The number of thiazole rings is 1. The van der Waals surface area contributed by atoms with Gasteiger partial charge in [0.15, 0.2) is 3.95 Å². The third-order valence-electron chi connectivity index (χ3n) is 11.0. The Hall–Kier alpha value is -2.55. The van der Waals surface area contributed by atoms with Gasteiger partial charge in [0.1, 0.15) is 4.32 Å². The molecule has 0 spiro atoms. The number of unbranched alkanes of at least 4 members (excludes halogenated alkanes) is 2. The van der Waals surface area contributed by atoms with Crippen LogP contribution in [0.15, 0.2) is 45.4 Å². The van der Waals surface area contributed by atoms with E-state index in [-0.39, 0.29) is 17.7 Å². The minimum absolute atomic E-state index is 0.0546. The van der Waals surface area contributed by atoms with Crippen LogP contribution < -0.4 is 9.88 Å². The van der Waals surface area contributed by atoms with E-state index >= 15 is 0 Å². The molecule has 13 heteroatoms. The van der Waals surface area contributed by atoms with Crippen LogP contribution in [0.2, 0.25) is 0 Å². The van der Waals surface area contributed by atoms with Crippen LogP contribution in [0.5, 0.6) is 0 Å². The Morgan fingerprint density at radius 3 is 2.00 bits per heavy atom. The van der Waals surface area contributed by atoms with E-state index in [4.69, 9.17) is 24.4 Å². The van der Waals surface area contributed by atoms with Crippen LogP contribution in [0.3, 0.4) is 0 Å². The Labute approximate surface area is 387 Å². The van der Waals surface area contributed by atoms with Gasteiger partial charge in [-0.2, -0.15) is 0 Å². The molecule has 0 saturated carbocycles. The van der Waals surface area contributed by atoms with Crippen molar-refractivity contribution in [3.05, 3.63) is 69.0 Å². The summed E-state index contributed by atoms with van der Waals surface area (Å²) >= 11 is 16.8. The van der Waals surface area contributed by atoms with Crippen molar-refractivity contribution in [2.24, 2.45) is 17.8 Å². The van der Waals surface area contributed by atoms with Crippen LogP contribution >= 0.6 is 70.6 Å². The maximum absolute atomic E-state index is 14.4. The van der Waals surface area contributed by atoms with Gasteiger partial charge in [-0.25, -0.2) is 0 Å². The molecule has 0 bridgehead atoms. The Balaban J connectivity index is 0.000000542. The zero-order valence-electron chi connectivity index (χ0n) is 37.7. The number of thioether (sulfide) groups is 2. The van der Waals surface area contributed by atoms with Crippen LogP contribution in [0.1, 0.15) is 130 Å². The normalized spacial score (nSPS) is 17.4. The van der Waals surface area contributed by atoms with Crippen LogP contribution in [-0.4, -0.2) is 66.7 Å². The smallest absolute Gasteiger partial charge is 0.266 e. The van der Waals surface area contributed by atoms with E-state index in [1.807, 2.05) is 37.0 Å². The summed E-state index contributed by atoms with van der Waals surface area (Å²) in [6.07, 6.45) is 10.0. The van der Waals surface area contributed by atoms with E-state index in [1.165, 1.54) is 29.5 Å². The molecule has 3 aliphatic heterocycles. The number of thiocarbonyl (C=S) groups is 1. The first kappa shape index (κ1) is 51.8. The molecule has 3 atom stereocenters. The summed E-state index contributed by atoms with van der Waals surface area (Å²) in [5.41, 5.74) is 2.39. The molecule has 0 radical (unpaired) electrons. The molecule has 2 aromatic heterocycles. The molecule has 1 fully saturated rings. The average molecular weight is 929 g/mol. The highest BCUT2D eigenvalue weighted by molar-refractivity contribution is 8.26. The van der Waals surface area contributed by atoms with Gasteiger partial charge in [-0.05, 0) is 66.8 Å². The zero-order chi connectivity index (χ0) is 44.8. The van der Waals surface area contributed by atoms with E-state index in [0.29, 0.717) is 69.2 Å². The lowest BCUT2D eigenvalue weighted by Crippen LogP contribution is -2.33. The Morgan fingerprint density at radius 2 is 1.43 bits per heavy atom. The van der Waals surface area contributed by atoms with Crippen molar-refractivity contribution < 1.29 is 14.4 Å². The van der Waals surface area contributed by atoms with Gasteiger partial charge < -0.3 is 14.4 Å². The summed E-state index contributed by atoms with van der Waals surface area (Å²) in [6, 6.07) is 3.97. The molecule has 0 N–H and O–H groups in total. The number of fused-ring (bicyclic) bond motifs is 1. The summed E-state index contributed by atoms with van der Waals surface area (Å²) in [7, 11) is 0. The van der Waals surface area contributed by atoms with Gasteiger partial charge >= 0.3 is 0 Å². The lowest BCUT2D eigenvalue weighted by molar-refractivity contribution is -0.124. The van der Waals surface area contributed by atoms with Gasteiger partial charge in [-0.3, -0.25) is 19.3 Å². The van der Waals surface area contributed by atoms with Crippen LogP contribution in [0.4, 0.5) is 0 Å². The van der Waals surface area contributed by atoms with Crippen LogP contribution in [0.25, 0.3) is 24.9 Å². The van der Waals surface area contributed by atoms with Crippen molar-refractivity contribution in [3.8, 4) is 0 Å². The summed E-state index contributed by atoms with van der Waals surface area (Å²) in [4.78, 5) is 50.4. The number of amides is 3. The minimum Gasteiger partial charge on any atom is -0.323 e. The molecule has 0 aromatic carbocycles. The molecule has 3 unspecified atom stereocenters. The predicted molar refractivity (Wildman–Crippen MR) is 271 cm³/mol. The van der Waals surface area contributed by atoms with E-state index in [9.17, 15) is 14.4 Å². The monoisotopic (exact) mass is 928 g/mol. The van der Waals surface area contributed by atoms with Gasteiger partial charge in [-0.1, -0.05) is 151 Å². The topological polar surface area (TPSA) is 65.9 Å². The van der Waals surface area contributed by atoms with E-state index in [0.717, 1.165) is 85.7 Å². The number of rotatable bonds is 20. The highest BCUT2D eigenvalue weighted by Crippen LogP contribution is 2.48. The van der Waals surface area contributed by atoms with Crippen molar-refractivity contribution in [1.29, 1.82) is 0 Å². The fourth-order valence-electron chi connectivity index (χ4n) is 6.95. The minimum atomic E-state index is -0.111. The lowest BCUT2D eigenvalue weighted by atomic mass is 9.98. The molecule has 5 heterocycles. The van der Waals surface area contributed by atoms with Gasteiger partial charge in [-0.15, -0.1) is 34.4 Å². The first-order valence-corrected chi connectivity index (χ1v) is 26.1. The van der Waals surface area contributed by atoms with Crippen molar-refractivity contribution in [2.45, 2.75) is 127 Å². The van der Waals surface area contributed by atoms with Gasteiger partial charge in [0.05, 0.1) is 37.7 Å². The second kappa shape index (κ2) is 24.9. The largest absolute Gasteiger partial charge is 0.323 e. The predicted octanol–water partition coefficient (Wildman–Crippen LogP) is 12.1. The zero-order valence-corrected chi connectivity index (χ0v) is 42.6. The van der Waals surface area contributed by atoms with Crippen molar-refractivity contribution in [2.75, 3.05) is 25.4 Å². The number of hydrogen-bond donors (Lipinski definition) is 0. The van der Waals surface area contributed by atoms with Crippen molar-refractivity contribution >= 4 is 118 Å². The number of hydrogen-bond acceptors (Lipinski definition) is 9. The Bertz CT molecular complexity index is 2120. The lowest BCUT2D eigenvalue weighted by Gasteiger charge is -2.28. The number of thiophene rings is 1. The van der Waals surface area contributed by atoms with Gasteiger partial charge in [0, 0.05) is 40.5 Å². The Kier molecular flexibility index (Phi) is 21.5.